The van der Waals surface area contributed by atoms with Crippen LogP contribution in [0.1, 0.15) is 17.1 Å². The first-order chi connectivity index (χ1) is 10.0. The number of rotatable bonds is 3. The summed E-state index contributed by atoms with van der Waals surface area (Å²) in [5.41, 5.74) is 4.93. The van der Waals surface area contributed by atoms with E-state index in [1.54, 1.807) is 6.07 Å². The zero-order chi connectivity index (χ0) is 15.2. The molecule has 0 aliphatic carbocycles. The van der Waals surface area contributed by atoms with Crippen molar-refractivity contribution < 1.29 is 5.11 Å². The molecule has 0 aromatic carbocycles. The number of aromatic hydroxyl groups is 1. The van der Waals surface area contributed by atoms with Crippen molar-refractivity contribution in [3.05, 3.63) is 41.5 Å². The Bertz CT molecular complexity index is 651. The van der Waals surface area contributed by atoms with Crippen LogP contribution in [0, 0.1) is 13.8 Å². The molecule has 0 unspecified atom stereocenters. The van der Waals surface area contributed by atoms with Crippen LogP contribution < -0.4 is 10.7 Å². The normalized spacial score (nSPS) is 10.6. The number of hydrogen-bond donors (Lipinski definition) is 3. The molecule has 0 aliphatic heterocycles. The maximum atomic E-state index is 9.11. The molecule has 0 saturated heterocycles. The van der Waals surface area contributed by atoms with Gasteiger partial charge >= 0.3 is 0 Å². The predicted molar refractivity (Wildman–Crippen MR) is 84.4 cm³/mol. The minimum absolute atomic E-state index is 0.101. The van der Waals surface area contributed by atoms with Gasteiger partial charge in [-0.1, -0.05) is 0 Å². The highest BCUT2D eigenvalue weighted by Gasteiger charge is 2.01. The lowest BCUT2D eigenvalue weighted by molar-refractivity contribution is 0.472. The molecule has 2 rings (SSSR count). The van der Waals surface area contributed by atoms with E-state index in [0.29, 0.717) is 11.6 Å². The van der Waals surface area contributed by atoms with Crippen molar-refractivity contribution in [2.75, 3.05) is 5.32 Å². The summed E-state index contributed by atoms with van der Waals surface area (Å²) in [6.07, 6.45) is 2.82. The maximum Gasteiger partial charge on any atom is 0.229 e. The first-order valence-corrected chi connectivity index (χ1v) is 6.51. The van der Waals surface area contributed by atoms with E-state index in [1.807, 2.05) is 19.9 Å². The van der Waals surface area contributed by atoms with Crippen molar-refractivity contribution in [2.24, 2.45) is 5.10 Å². The van der Waals surface area contributed by atoms with Gasteiger partial charge in [0.1, 0.15) is 5.75 Å². The van der Waals surface area contributed by atoms with Gasteiger partial charge in [-0.05, 0) is 44.3 Å². The van der Waals surface area contributed by atoms with Gasteiger partial charge in [-0.15, -0.1) is 0 Å². The molecule has 2 aromatic rings. The first-order valence-electron chi connectivity index (χ1n) is 6.10. The van der Waals surface area contributed by atoms with Gasteiger partial charge < -0.3 is 5.11 Å². The number of hydrazone groups is 1. The highest BCUT2D eigenvalue weighted by atomic mass is 32.1. The highest BCUT2D eigenvalue weighted by molar-refractivity contribution is 7.80. The number of pyridine rings is 1. The summed E-state index contributed by atoms with van der Waals surface area (Å²) >= 11 is 5.08. The lowest BCUT2D eigenvalue weighted by atomic mass is 10.4. The van der Waals surface area contributed by atoms with Crippen molar-refractivity contribution in [1.29, 1.82) is 0 Å². The monoisotopic (exact) mass is 302 g/mol. The maximum absolute atomic E-state index is 9.11. The van der Waals surface area contributed by atoms with Gasteiger partial charge in [-0.2, -0.15) is 5.10 Å². The van der Waals surface area contributed by atoms with Gasteiger partial charge in [0, 0.05) is 11.4 Å². The van der Waals surface area contributed by atoms with Gasteiger partial charge in [-0.25, -0.2) is 9.97 Å². The second-order valence-corrected chi connectivity index (χ2v) is 4.65. The fourth-order valence-corrected chi connectivity index (χ4v) is 1.69. The summed E-state index contributed by atoms with van der Waals surface area (Å²) in [6.45, 7) is 3.76. The molecule has 0 fully saturated rings. The van der Waals surface area contributed by atoms with Crippen LogP contribution in [-0.4, -0.2) is 31.4 Å². The molecule has 21 heavy (non-hydrogen) atoms. The lowest BCUT2D eigenvalue weighted by Gasteiger charge is -2.06. The fourth-order valence-electron chi connectivity index (χ4n) is 1.54. The highest BCUT2D eigenvalue weighted by Crippen LogP contribution is 2.04. The Kier molecular flexibility index (Phi) is 4.72. The Morgan fingerprint density at radius 3 is 2.62 bits per heavy atom. The zero-order valence-corrected chi connectivity index (χ0v) is 12.3. The van der Waals surface area contributed by atoms with Gasteiger partial charge in [0.05, 0.1) is 18.1 Å². The van der Waals surface area contributed by atoms with E-state index in [-0.39, 0.29) is 10.9 Å². The molecule has 0 amide bonds. The SMILES string of the molecule is Cc1cc(C)nc(NC(=S)N/N=C/c2ccc(O)cn2)n1. The summed E-state index contributed by atoms with van der Waals surface area (Å²) in [6, 6.07) is 5.02. The molecule has 8 heteroatoms. The lowest BCUT2D eigenvalue weighted by Crippen LogP contribution is -2.25. The smallest absolute Gasteiger partial charge is 0.229 e. The van der Waals surface area contributed by atoms with Crippen LogP contribution in [0.2, 0.25) is 0 Å². The van der Waals surface area contributed by atoms with E-state index in [0.717, 1.165) is 11.4 Å². The Hall–Kier alpha value is -2.61. The van der Waals surface area contributed by atoms with E-state index >= 15 is 0 Å². The van der Waals surface area contributed by atoms with Crippen molar-refractivity contribution in [2.45, 2.75) is 13.8 Å². The third-order valence-corrected chi connectivity index (χ3v) is 2.53. The molecule has 0 spiro atoms. The van der Waals surface area contributed by atoms with Gasteiger partial charge in [0.2, 0.25) is 5.95 Å². The van der Waals surface area contributed by atoms with Crippen LogP contribution in [-0.2, 0) is 0 Å². The fraction of sp³-hybridized carbons (Fsp3) is 0.154. The topological polar surface area (TPSA) is 95.3 Å². The van der Waals surface area contributed by atoms with Crippen LogP contribution >= 0.6 is 12.2 Å². The Morgan fingerprint density at radius 1 is 1.29 bits per heavy atom. The van der Waals surface area contributed by atoms with Gasteiger partial charge in [0.15, 0.2) is 5.11 Å². The second-order valence-electron chi connectivity index (χ2n) is 4.24. The molecule has 2 aromatic heterocycles. The average molecular weight is 302 g/mol. The standard InChI is InChI=1S/C13H14N6OS/c1-8-5-9(2)17-12(16-8)18-13(21)19-15-6-10-3-4-11(20)7-14-10/h3-7,20H,1-2H3,(H2,16,17,18,19,21)/b15-6+. The van der Waals surface area contributed by atoms with Crippen LogP contribution in [0.25, 0.3) is 0 Å². The van der Waals surface area contributed by atoms with Crippen LogP contribution in [0.15, 0.2) is 29.5 Å². The van der Waals surface area contributed by atoms with Crippen LogP contribution in [0.4, 0.5) is 5.95 Å². The molecule has 2 heterocycles. The van der Waals surface area contributed by atoms with Crippen molar-refractivity contribution in [3.63, 3.8) is 0 Å². The summed E-state index contributed by atoms with van der Waals surface area (Å²) in [7, 11) is 0. The predicted octanol–water partition coefficient (Wildman–Crippen LogP) is 1.51. The number of aromatic nitrogens is 3. The third-order valence-electron chi connectivity index (χ3n) is 2.34. The number of anilines is 1. The average Bonchev–Trinajstić information content (AvgIpc) is 2.39. The Morgan fingerprint density at radius 2 is 2.00 bits per heavy atom. The molecule has 0 atom stereocenters. The van der Waals surface area contributed by atoms with Crippen LogP contribution in [0.5, 0.6) is 5.75 Å². The number of nitrogens with one attached hydrogen (secondary N) is 2. The minimum Gasteiger partial charge on any atom is -0.506 e. The number of nitrogens with zero attached hydrogens (tertiary/aromatic N) is 4. The molecule has 108 valence electrons. The second kappa shape index (κ2) is 6.71. The molecule has 0 aliphatic rings. The first kappa shape index (κ1) is 14.8. The summed E-state index contributed by atoms with van der Waals surface area (Å²) in [4.78, 5) is 12.4. The zero-order valence-electron chi connectivity index (χ0n) is 11.5. The summed E-state index contributed by atoms with van der Waals surface area (Å²) in [5, 5.41) is 16.2. The van der Waals surface area contributed by atoms with E-state index in [1.165, 1.54) is 18.5 Å². The molecular formula is C13H14N6OS. The van der Waals surface area contributed by atoms with Gasteiger partial charge in [0.25, 0.3) is 0 Å². The van der Waals surface area contributed by atoms with Crippen molar-refractivity contribution in [1.82, 2.24) is 20.4 Å². The van der Waals surface area contributed by atoms with Gasteiger partial charge in [-0.3, -0.25) is 15.7 Å². The van der Waals surface area contributed by atoms with Crippen molar-refractivity contribution >= 4 is 29.5 Å². The summed E-state index contributed by atoms with van der Waals surface area (Å²) in [5.74, 6) is 0.521. The molecule has 3 N–H and O–H groups in total. The number of aryl methyl sites for hydroxylation is 2. The van der Waals surface area contributed by atoms with E-state index in [2.05, 4.69) is 30.8 Å². The Balaban J connectivity index is 1.91. The molecule has 0 saturated carbocycles. The minimum atomic E-state index is 0.101. The quantitative estimate of drug-likeness (QED) is 0.449. The largest absolute Gasteiger partial charge is 0.506 e. The summed E-state index contributed by atoms with van der Waals surface area (Å²) < 4.78 is 0. The number of hydrogen-bond acceptors (Lipinski definition) is 6. The van der Waals surface area contributed by atoms with Crippen molar-refractivity contribution in [3.8, 4) is 5.75 Å². The van der Waals surface area contributed by atoms with E-state index < -0.39 is 0 Å². The number of thiocarbonyl (C=S) groups is 1. The molecule has 7 nitrogen and oxygen atoms in total. The van der Waals surface area contributed by atoms with Crippen LogP contribution in [0.3, 0.4) is 0 Å². The Labute approximate surface area is 127 Å². The molecule has 0 bridgehead atoms. The third kappa shape index (κ3) is 4.77. The molecule has 0 radical (unpaired) electrons. The van der Waals surface area contributed by atoms with E-state index in [9.17, 15) is 0 Å². The molecular weight excluding hydrogens is 288 g/mol. The van der Waals surface area contributed by atoms with E-state index in [4.69, 9.17) is 17.3 Å².